The van der Waals surface area contributed by atoms with Gasteiger partial charge in [-0.25, -0.2) is 17.9 Å². The highest BCUT2D eigenvalue weighted by molar-refractivity contribution is 7.90. The molecule has 1 amide bonds. The largest absolute Gasteiger partial charge is 0.449 e. The number of amides is 1. The van der Waals surface area contributed by atoms with Crippen molar-refractivity contribution in [2.24, 2.45) is 58.2 Å². The molecule has 0 heterocycles. The van der Waals surface area contributed by atoms with Gasteiger partial charge in [-0.1, -0.05) is 65.2 Å². The highest BCUT2D eigenvalue weighted by atomic mass is 32.2. The summed E-state index contributed by atoms with van der Waals surface area (Å²) in [6, 6.07) is 6.37. The number of carbonyl (C=O) groups is 1. The molecule has 7 heteroatoms. The van der Waals surface area contributed by atoms with Gasteiger partial charge in [0.05, 0.1) is 17.6 Å². The standard InChI is InChI=1S/C35H55NO5S/c1-7-26-30-21-23(3)16-18-35(30,6)29-17-19-34(5)27(14-15-28(34)31(29)32(26)37)24(4)9-8-20-41-33(38)36-42(39,40)25-12-10-22(2)11-13-25/h10-13,23-24,26-32,37H,7-9,14-21H2,1-6H3,(H,36,38)/t23-,24-,26-,27-,28+,29+,30+,31+,32-,34-,35-/m1/s1. The summed E-state index contributed by atoms with van der Waals surface area (Å²) >= 11 is 0. The number of hydrogen-bond acceptors (Lipinski definition) is 5. The predicted molar refractivity (Wildman–Crippen MR) is 166 cm³/mol. The molecule has 0 bridgehead atoms. The Bertz CT molecular complexity index is 1220. The Morgan fingerprint density at radius 2 is 1.71 bits per heavy atom. The maximum absolute atomic E-state index is 12.5. The lowest BCUT2D eigenvalue weighted by Gasteiger charge is -2.65. The van der Waals surface area contributed by atoms with Crippen LogP contribution in [0.25, 0.3) is 0 Å². The van der Waals surface area contributed by atoms with E-state index in [-0.39, 0.29) is 23.0 Å². The van der Waals surface area contributed by atoms with Gasteiger partial charge >= 0.3 is 6.09 Å². The Morgan fingerprint density at radius 1 is 1.05 bits per heavy atom. The van der Waals surface area contributed by atoms with Crippen molar-refractivity contribution in [3.8, 4) is 0 Å². The van der Waals surface area contributed by atoms with Crippen molar-refractivity contribution in [1.82, 2.24) is 4.72 Å². The number of nitrogens with one attached hydrogen (secondary N) is 1. The van der Waals surface area contributed by atoms with Crippen molar-refractivity contribution in [3.63, 3.8) is 0 Å². The molecule has 6 nitrogen and oxygen atoms in total. The molecule has 1 aromatic carbocycles. The van der Waals surface area contributed by atoms with E-state index < -0.39 is 16.1 Å². The minimum absolute atomic E-state index is 0.0494. The Labute approximate surface area is 254 Å². The molecule has 11 atom stereocenters. The second-order valence-corrected chi connectivity index (χ2v) is 16.9. The van der Waals surface area contributed by atoms with Gasteiger partial charge in [0.1, 0.15) is 0 Å². The normalized spacial score (nSPS) is 40.4. The fourth-order valence-electron chi connectivity index (χ4n) is 10.8. The van der Waals surface area contributed by atoms with Gasteiger partial charge in [0.2, 0.25) is 0 Å². The van der Waals surface area contributed by atoms with Gasteiger partial charge in [-0.15, -0.1) is 0 Å². The zero-order valence-electron chi connectivity index (χ0n) is 26.8. The van der Waals surface area contributed by atoms with E-state index in [2.05, 4.69) is 34.6 Å². The van der Waals surface area contributed by atoms with Gasteiger partial charge < -0.3 is 9.84 Å². The van der Waals surface area contributed by atoms with Gasteiger partial charge in [0.25, 0.3) is 10.0 Å². The van der Waals surface area contributed by atoms with Crippen LogP contribution < -0.4 is 4.72 Å². The van der Waals surface area contributed by atoms with Gasteiger partial charge in [0.15, 0.2) is 0 Å². The minimum atomic E-state index is -3.94. The molecule has 42 heavy (non-hydrogen) atoms. The number of carbonyl (C=O) groups excluding carboxylic acids is 1. The Morgan fingerprint density at radius 3 is 2.40 bits per heavy atom. The van der Waals surface area contributed by atoms with Crippen molar-refractivity contribution in [3.05, 3.63) is 29.8 Å². The van der Waals surface area contributed by atoms with Crippen LogP contribution in [0.2, 0.25) is 0 Å². The molecular weight excluding hydrogens is 546 g/mol. The summed E-state index contributed by atoms with van der Waals surface area (Å²) in [5.41, 5.74) is 1.56. The number of aliphatic hydroxyl groups is 1. The first kappa shape index (κ1) is 31.8. The molecule has 1 aromatic rings. The second-order valence-electron chi connectivity index (χ2n) is 15.2. The van der Waals surface area contributed by atoms with Crippen molar-refractivity contribution in [2.45, 2.75) is 117 Å². The second kappa shape index (κ2) is 12.1. The number of sulfonamides is 1. The van der Waals surface area contributed by atoms with Gasteiger partial charge in [-0.05, 0) is 129 Å². The first-order chi connectivity index (χ1) is 19.8. The summed E-state index contributed by atoms with van der Waals surface area (Å²) in [6.07, 6.45) is 10.5. The van der Waals surface area contributed by atoms with E-state index in [1.165, 1.54) is 57.1 Å². The van der Waals surface area contributed by atoms with E-state index in [0.29, 0.717) is 53.3 Å². The van der Waals surface area contributed by atoms with E-state index in [9.17, 15) is 18.3 Å². The zero-order valence-corrected chi connectivity index (χ0v) is 27.6. The Hall–Kier alpha value is -1.60. The fraction of sp³-hybridized carbons (Fsp3) is 0.800. The maximum Gasteiger partial charge on any atom is 0.421 e. The maximum atomic E-state index is 12.5. The summed E-state index contributed by atoms with van der Waals surface area (Å²) in [4.78, 5) is 12.3. The molecule has 0 unspecified atom stereocenters. The summed E-state index contributed by atoms with van der Waals surface area (Å²) < 4.78 is 32.3. The summed E-state index contributed by atoms with van der Waals surface area (Å²) in [6.45, 7) is 14.3. The third-order valence-electron chi connectivity index (χ3n) is 13.0. The lowest BCUT2D eigenvalue weighted by Crippen LogP contribution is -2.61. The highest BCUT2D eigenvalue weighted by Gasteiger charge is 2.64. The van der Waals surface area contributed by atoms with E-state index in [1.54, 1.807) is 12.1 Å². The van der Waals surface area contributed by atoms with E-state index in [1.807, 2.05) is 11.6 Å². The quantitative estimate of drug-likeness (QED) is 0.298. The fourth-order valence-corrected chi connectivity index (χ4v) is 11.7. The molecule has 0 saturated heterocycles. The first-order valence-electron chi connectivity index (χ1n) is 16.8. The van der Waals surface area contributed by atoms with E-state index in [0.717, 1.165) is 24.3 Å². The van der Waals surface area contributed by atoms with Crippen LogP contribution in [-0.2, 0) is 14.8 Å². The molecule has 4 aliphatic rings. The Kier molecular flexibility index (Phi) is 9.14. The Balaban J connectivity index is 1.17. The molecule has 4 fully saturated rings. The molecule has 0 spiro atoms. The van der Waals surface area contributed by atoms with Gasteiger partial charge in [-0.2, -0.15) is 0 Å². The monoisotopic (exact) mass is 601 g/mol. The number of rotatable bonds is 8. The van der Waals surface area contributed by atoms with Gasteiger partial charge in [-0.3, -0.25) is 0 Å². The summed E-state index contributed by atoms with van der Waals surface area (Å²) in [5, 5.41) is 12.0. The third kappa shape index (κ3) is 5.66. The van der Waals surface area contributed by atoms with Crippen LogP contribution in [0.5, 0.6) is 0 Å². The number of hydrogen-bond donors (Lipinski definition) is 2. The minimum Gasteiger partial charge on any atom is -0.449 e. The molecule has 2 N–H and O–H groups in total. The average molecular weight is 602 g/mol. The number of aliphatic hydroxyl groups excluding tert-OH is 1. The van der Waals surface area contributed by atoms with Crippen LogP contribution in [0.4, 0.5) is 4.79 Å². The molecule has 0 radical (unpaired) electrons. The highest BCUT2D eigenvalue weighted by Crippen LogP contribution is 2.69. The lowest BCUT2D eigenvalue weighted by atomic mass is 9.41. The molecule has 4 saturated carbocycles. The molecular formula is C35H55NO5S. The van der Waals surface area contributed by atoms with Crippen LogP contribution in [-0.4, -0.2) is 32.3 Å². The number of ether oxygens (including phenoxy) is 1. The molecule has 5 rings (SSSR count). The van der Waals surface area contributed by atoms with Crippen LogP contribution in [0, 0.1) is 65.1 Å². The third-order valence-corrected chi connectivity index (χ3v) is 14.4. The smallest absolute Gasteiger partial charge is 0.421 e. The molecule has 0 aliphatic heterocycles. The zero-order chi connectivity index (χ0) is 30.4. The topological polar surface area (TPSA) is 92.7 Å². The summed E-state index contributed by atoms with van der Waals surface area (Å²) in [5.74, 6) is 4.59. The number of aryl methyl sites for hydroxylation is 1. The van der Waals surface area contributed by atoms with Gasteiger partial charge in [0, 0.05) is 0 Å². The summed E-state index contributed by atoms with van der Waals surface area (Å²) in [7, 11) is -3.94. The lowest BCUT2D eigenvalue weighted by molar-refractivity contribution is -0.198. The SMILES string of the molecule is CC[C@H]1[C@@H](O)[C@@H]2[C@H](CC[C@]3(C)[C@@H]([C@H](C)CCCOC(=O)NS(=O)(=O)c4ccc(C)cc4)CC[C@@H]23)[C@@]2(C)CC[C@@H](C)C[C@@H]12. The van der Waals surface area contributed by atoms with E-state index in [4.69, 9.17) is 4.74 Å². The van der Waals surface area contributed by atoms with Crippen molar-refractivity contribution in [2.75, 3.05) is 6.61 Å². The molecule has 236 valence electrons. The van der Waals surface area contributed by atoms with E-state index >= 15 is 0 Å². The van der Waals surface area contributed by atoms with Crippen molar-refractivity contribution >= 4 is 16.1 Å². The predicted octanol–water partition coefficient (Wildman–Crippen LogP) is 7.73. The van der Waals surface area contributed by atoms with Crippen LogP contribution in [0.15, 0.2) is 29.2 Å². The number of fused-ring (bicyclic) bond motifs is 5. The van der Waals surface area contributed by atoms with Crippen molar-refractivity contribution in [1.29, 1.82) is 0 Å². The van der Waals surface area contributed by atoms with Crippen LogP contribution >= 0.6 is 0 Å². The molecule has 0 aromatic heterocycles. The average Bonchev–Trinajstić information content (AvgIpc) is 3.29. The molecule has 4 aliphatic carbocycles. The van der Waals surface area contributed by atoms with Crippen molar-refractivity contribution < 1.29 is 23.1 Å². The van der Waals surface area contributed by atoms with Crippen LogP contribution in [0.1, 0.15) is 104 Å². The first-order valence-corrected chi connectivity index (χ1v) is 18.2. The number of benzene rings is 1. The van der Waals surface area contributed by atoms with Crippen LogP contribution in [0.3, 0.4) is 0 Å².